The van der Waals surface area contributed by atoms with Gasteiger partial charge in [-0.05, 0) is 122 Å². The molecule has 0 aliphatic carbocycles. The normalized spacial score (nSPS) is 14.4. The van der Waals surface area contributed by atoms with Crippen molar-refractivity contribution in [3.8, 4) is 0 Å². The Balaban J connectivity index is 0.000000842. The van der Waals surface area contributed by atoms with Gasteiger partial charge in [-0.1, -0.05) is 92.8 Å². The summed E-state index contributed by atoms with van der Waals surface area (Å²) in [6, 6.07) is 8.84. The number of hydrogen-bond donors (Lipinski definition) is 20. The Bertz CT molecular complexity index is 3690. The maximum Gasteiger partial charge on any atom is 0.326 e. The van der Waals surface area contributed by atoms with Gasteiger partial charge in [0.2, 0.25) is 35.4 Å². The third kappa shape index (κ3) is 52.3. The van der Waals surface area contributed by atoms with Gasteiger partial charge in [0.1, 0.15) is 53.7 Å². The van der Waals surface area contributed by atoms with E-state index in [9.17, 15) is 97.1 Å². The van der Waals surface area contributed by atoms with Crippen molar-refractivity contribution in [3.05, 3.63) is 71.8 Å². The van der Waals surface area contributed by atoms with Crippen molar-refractivity contribution in [1.82, 2.24) is 67.9 Å². The first-order valence-corrected chi connectivity index (χ1v) is 41.0. The Labute approximate surface area is 710 Å². The largest absolute Gasteiger partial charge is 0.481 e. The number of nitrogens with two attached hydrogens (primary N) is 4. The van der Waals surface area contributed by atoms with Crippen LogP contribution >= 0.6 is 0 Å². The Hall–Kier alpha value is -11.8. The second kappa shape index (κ2) is 59.8. The number of carboxylic acid groups (broad SMARTS) is 6. The number of carbonyl (C=O) groups excluding carboxylic acids is 10. The van der Waals surface area contributed by atoms with E-state index < -0.39 is 132 Å². The molecule has 682 valence electrons. The van der Waals surface area contributed by atoms with Crippen LogP contribution in [0.4, 0.5) is 9.59 Å². The number of guanidine groups is 2. The van der Waals surface area contributed by atoms with E-state index in [4.69, 9.17) is 37.9 Å². The van der Waals surface area contributed by atoms with Gasteiger partial charge in [-0.3, -0.25) is 77.4 Å². The van der Waals surface area contributed by atoms with Gasteiger partial charge >= 0.3 is 53.8 Å². The van der Waals surface area contributed by atoms with Gasteiger partial charge < -0.3 is 111 Å². The molecule has 0 unspecified atom stereocenters. The third-order valence-electron chi connectivity index (χ3n) is 18.7. The number of aliphatic imine (C=N–C) groups is 2. The predicted molar refractivity (Wildman–Crippen MR) is 448 cm³/mol. The molecule has 1 aliphatic rings. The summed E-state index contributed by atoms with van der Waals surface area (Å²) in [4.78, 5) is 211. The molecular formula is C80H129N19O23. The van der Waals surface area contributed by atoms with Crippen LogP contribution in [0, 0.1) is 0 Å². The van der Waals surface area contributed by atoms with Crippen molar-refractivity contribution in [2.75, 3.05) is 85.1 Å². The first kappa shape index (κ1) is 106. The summed E-state index contributed by atoms with van der Waals surface area (Å²) in [6.45, 7) is 10.7. The zero-order valence-corrected chi connectivity index (χ0v) is 70.5. The van der Waals surface area contributed by atoms with Crippen LogP contribution in [0.1, 0.15) is 181 Å². The quantitative estimate of drug-likeness (QED) is 0.0177. The van der Waals surface area contributed by atoms with E-state index >= 15 is 0 Å². The molecule has 0 aromatic heterocycles. The van der Waals surface area contributed by atoms with Gasteiger partial charge in [0.05, 0.1) is 26.1 Å². The zero-order valence-electron chi connectivity index (χ0n) is 70.5. The standard InChI is InChI=1S/C41H73N13O13.C39H56N6O10/c1-26(55)48-28(12-8-14-46-39(42)43)35(62)51-31(22-34(61)67-41(2,3)4)37(64)49-29(13-9-15-47-40(44)45)36(63)50-30(38(65)66)11-7-5-6-10-27(56)23-52-16-18-53(24-32(57)58)20-21-54(19-17-52)25-33(59)60;1-27(25-28-15-7-5-8-16-28)42-35(49)32(26-29-17-9-6-10-18-29)43-33(46)20-11-3-2-4-13-23-40-38(54)41-24-14-12-19-30(36(50)51)44-39(55)45-31(37(52)53)21-22-34(47)48/h28-31H,5-25H2,1-4H3,(H,48,55)(H,49,64)(H,50,63)(H,51,62)(H,57,58)(H,59,60)(H,65,66)(H4,42,43,46)(H4,44,45,47);5-10,15-18,27,30-32H,2-4,11-14,19-26H2,1H3,(H,42,49)(H,43,46)(H,47,48)(H,50,51)(H,52,53)(H2,40,41,54)(H2,44,45,55)/t28-,29-,30-,31-;27-,30+,31+,32+/m01/s1. The van der Waals surface area contributed by atoms with E-state index in [-0.39, 0.29) is 139 Å². The molecule has 10 amide bonds. The number of rotatable bonds is 57. The number of aliphatic carboxylic acids is 6. The average molecular weight is 1730 g/mol. The predicted octanol–water partition coefficient (Wildman–Crippen LogP) is -0.181. The number of hydrogen-bond acceptors (Lipinski definition) is 22. The van der Waals surface area contributed by atoms with Crippen LogP contribution in [0.15, 0.2) is 70.6 Å². The number of nitrogens with one attached hydrogen (secondary N) is 10. The molecule has 1 saturated heterocycles. The van der Waals surface area contributed by atoms with Crippen LogP contribution in [0.3, 0.4) is 0 Å². The molecule has 1 heterocycles. The lowest BCUT2D eigenvalue weighted by molar-refractivity contribution is -0.157. The molecule has 2 aromatic carbocycles. The van der Waals surface area contributed by atoms with Crippen molar-refractivity contribution in [2.24, 2.45) is 32.9 Å². The van der Waals surface area contributed by atoms with Crippen molar-refractivity contribution >= 4 is 107 Å². The first-order valence-electron chi connectivity index (χ1n) is 41.0. The SMILES string of the molecule is CC(=O)N[C@@H](CCCN=C(N)N)C(=O)N[C@@H](CC(=O)OC(C)(C)C)C(=O)N[C@@H](CCCN=C(N)N)C(=O)N[C@@H](CCCCCC(=O)CN1CCN(CC(=O)O)CCN(CC(=O)O)CC1)C(=O)O.C[C@H](Cc1ccccc1)NC(=O)[C@H](Cc1ccccc1)NC(=O)CCCCCCCNC(=O)NCCCC[C@H](NC(=O)N[C@@H](CCC(=O)O)C(=O)O)C(=O)O. The summed E-state index contributed by atoms with van der Waals surface area (Å²) in [7, 11) is 0. The van der Waals surface area contributed by atoms with E-state index in [1.54, 1.807) is 30.6 Å². The Morgan fingerprint density at radius 2 is 0.803 bits per heavy atom. The fraction of sp³-hybridized carbons (Fsp3) is 0.625. The lowest BCUT2D eigenvalue weighted by Gasteiger charge is -2.27. The number of ether oxygens (including phenoxy) is 1. The highest BCUT2D eigenvalue weighted by molar-refractivity contribution is 5.97. The van der Waals surface area contributed by atoms with Gasteiger partial charge in [0.25, 0.3) is 0 Å². The van der Waals surface area contributed by atoms with Gasteiger partial charge in [-0.15, -0.1) is 0 Å². The van der Waals surface area contributed by atoms with Gasteiger partial charge in [-0.25, -0.2) is 24.0 Å². The Morgan fingerprint density at radius 3 is 1.28 bits per heavy atom. The van der Waals surface area contributed by atoms with Crippen molar-refractivity contribution in [1.29, 1.82) is 0 Å². The molecule has 8 atom stereocenters. The van der Waals surface area contributed by atoms with Crippen molar-refractivity contribution in [3.63, 3.8) is 0 Å². The summed E-state index contributed by atoms with van der Waals surface area (Å²) in [6.07, 6.45) is 6.11. The summed E-state index contributed by atoms with van der Waals surface area (Å²) in [5.41, 5.74) is 22.7. The zero-order chi connectivity index (χ0) is 91.1. The lowest BCUT2D eigenvalue weighted by atomic mass is 10.0. The van der Waals surface area contributed by atoms with Crippen LogP contribution in [-0.2, 0) is 84.7 Å². The maximum absolute atomic E-state index is 13.9. The number of carboxylic acids is 6. The Kier molecular flexibility index (Phi) is 52.1. The number of benzene rings is 2. The number of Topliss-reactive ketones (excluding diaryl/α,β-unsaturated/α-hetero) is 1. The summed E-state index contributed by atoms with van der Waals surface area (Å²) >= 11 is 0. The van der Waals surface area contributed by atoms with Crippen LogP contribution in [0.2, 0.25) is 0 Å². The minimum absolute atomic E-state index is 0.0264. The summed E-state index contributed by atoms with van der Waals surface area (Å²) < 4.78 is 5.38. The second-order valence-electron chi connectivity index (χ2n) is 30.7. The number of esters is 1. The second-order valence-corrected chi connectivity index (χ2v) is 30.7. The van der Waals surface area contributed by atoms with E-state index in [0.717, 1.165) is 36.8 Å². The van der Waals surface area contributed by atoms with E-state index in [2.05, 4.69) is 63.2 Å². The number of ketones is 1. The maximum atomic E-state index is 13.9. The van der Waals surface area contributed by atoms with Crippen LogP contribution < -0.4 is 76.1 Å². The van der Waals surface area contributed by atoms with Crippen molar-refractivity contribution in [2.45, 2.75) is 236 Å². The molecule has 0 bridgehead atoms. The topological polar surface area (TPSA) is 663 Å². The first-order chi connectivity index (χ1) is 57.7. The molecule has 24 N–H and O–H groups in total. The average Bonchev–Trinajstić information content (AvgIpc) is 0.939. The molecule has 0 saturated carbocycles. The molecule has 3 rings (SSSR count). The monoisotopic (exact) mass is 1720 g/mol. The van der Waals surface area contributed by atoms with Gasteiger partial charge in [0.15, 0.2) is 11.9 Å². The molecule has 0 radical (unpaired) electrons. The Morgan fingerprint density at radius 1 is 0.410 bits per heavy atom. The molecule has 42 heteroatoms. The van der Waals surface area contributed by atoms with Crippen LogP contribution in [0.25, 0.3) is 0 Å². The third-order valence-corrected chi connectivity index (χ3v) is 18.7. The highest BCUT2D eigenvalue weighted by Crippen LogP contribution is 2.16. The summed E-state index contributed by atoms with van der Waals surface area (Å²) in [5, 5.41) is 81.6. The smallest absolute Gasteiger partial charge is 0.326 e. The molecule has 0 spiro atoms. The highest BCUT2D eigenvalue weighted by Gasteiger charge is 2.35. The molecular weight excluding hydrogens is 1590 g/mol. The number of unbranched alkanes of at least 4 members (excludes halogenated alkanes) is 7. The van der Waals surface area contributed by atoms with Crippen LogP contribution in [-0.4, -0.2) is 291 Å². The van der Waals surface area contributed by atoms with E-state index in [1.807, 2.05) is 72.5 Å². The summed E-state index contributed by atoms with van der Waals surface area (Å²) in [5.74, 6) is -12.5. The van der Waals surface area contributed by atoms with Crippen molar-refractivity contribution < 1.29 is 112 Å². The molecule has 2 aromatic rings. The fourth-order valence-electron chi connectivity index (χ4n) is 12.5. The van der Waals surface area contributed by atoms with Crippen LogP contribution in [0.5, 0.6) is 0 Å². The number of nitrogens with zero attached hydrogens (tertiary/aromatic N) is 5. The highest BCUT2D eigenvalue weighted by atomic mass is 16.6. The minimum atomic E-state index is -1.63. The lowest BCUT2D eigenvalue weighted by Crippen LogP contribution is -2.58. The van der Waals surface area contributed by atoms with E-state index in [1.165, 1.54) is 6.92 Å². The molecule has 42 nitrogen and oxygen atoms in total. The van der Waals surface area contributed by atoms with E-state index in [0.29, 0.717) is 97.2 Å². The number of amides is 10. The number of urea groups is 2. The van der Waals surface area contributed by atoms with Gasteiger partial charge in [0, 0.05) is 104 Å². The molecule has 1 fully saturated rings. The fourth-order valence-corrected chi connectivity index (χ4v) is 12.5. The molecule has 122 heavy (non-hydrogen) atoms. The molecule has 1 aliphatic heterocycles. The number of carbonyl (C=O) groups is 16. The van der Waals surface area contributed by atoms with Gasteiger partial charge in [-0.2, -0.15) is 0 Å². The minimum Gasteiger partial charge on any atom is -0.481 e.